The number of thioether (sulfide) groups is 1. The van der Waals surface area contributed by atoms with Gasteiger partial charge in [-0.1, -0.05) is 78.0 Å². The number of hydrogen-bond acceptors (Lipinski definition) is 5. The quantitative estimate of drug-likeness (QED) is 0.219. The van der Waals surface area contributed by atoms with E-state index in [1.807, 2.05) is 66.1 Å². The van der Waals surface area contributed by atoms with Gasteiger partial charge in [-0.15, -0.1) is 10.2 Å². The largest absolute Gasteiger partial charge is 0.486 e. The lowest BCUT2D eigenvalue weighted by molar-refractivity contribution is 0.102. The van der Waals surface area contributed by atoms with Crippen molar-refractivity contribution in [2.75, 3.05) is 5.75 Å². The normalized spacial score (nSPS) is 10.8. The first kappa shape index (κ1) is 22.1. The average Bonchev–Trinajstić information content (AvgIpc) is 3.24. The zero-order chi connectivity index (χ0) is 22.3. The molecule has 7 heteroatoms. The molecule has 4 aromatic rings. The molecule has 162 valence electrons. The summed E-state index contributed by atoms with van der Waals surface area (Å²) in [5, 5.41) is 9.87. The maximum atomic E-state index is 12.7. The molecule has 32 heavy (non-hydrogen) atoms. The van der Waals surface area contributed by atoms with Crippen molar-refractivity contribution in [1.82, 2.24) is 14.8 Å². The van der Waals surface area contributed by atoms with E-state index in [0.717, 1.165) is 11.1 Å². The third kappa shape index (κ3) is 5.39. The highest BCUT2D eigenvalue weighted by Gasteiger charge is 2.15. The third-order valence-corrected chi connectivity index (χ3v) is 6.16. The van der Waals surface area contributed by atoms with E-state index >= 15 is 0 Å². The molecule has 0 aliphatic carbocycles. The molecule has 0 aliphatic rings. The number of rotatable bonds is 9. The van der Waals surface area contributed by atoms with Crippen LogP contribution in [0.25, 0.3) is 11.1 Å². The smallest absolute Gasteiger partial charge is 0.191 e. The first-order chi connectivity index (χ1) is 15.6. The van der Waals surface area contributed by atoms with Crippen molar-refractivity contribution in [2.45, 2.75) is 25.2 Å². The fraction of sp³-hybridized carbons (Fsp3) is 0.160. The van der Waals surface area contributed by atoms with E-state index in [2.05, 4.69) is 22.3 Å². The summed E-state index contributed by atoms with van der Waals surface area (Å²) in [6, 6.07) is 25.0. The molecule has 0 saturated heterocycles. The van der Waals surface area contributed by atoms with Crippen molar-refractivity contribution in [3.05, 3.63) is 95.3 Å². The maximum Gasteiger partial charge on any atom is 0.191 e. The van der Waals surface area contributed by atoms with Crippen molar-refractivity contribution in [1.29, 1.82) is 0 Å². The highest BCUT2D eigenvalue weighted by Crippen LogP contribution is 2.23. The first-order valence-corrected chi connectivity index (χ1v) is 11.6. The summed E-state index contributed by atoms with van der Waals surface area (Å²) in [5.41, 5.74) is 2.90. The second kappa shape index (κ2) is 10.5. The van der Waals surface area contributed by atoms with E-state index in [0.29, 0.717) is 39.6 Å². The number of halogens is 1. The Morgan fingerprint density at radius 2 is 1.62 bits per heavy atom. The van der Waals surface area contributed by atoms with Crippen LogP contribution < -0.4 is 4.74 Å². The molecule has 0 spiro atoms. The minimum atomic E-state index is 0.0548. The van der Waals surface area contributed by atoms with E-state index in [4.69, 9.17) is 16.3 Å². The Hall–Kier alpha value is -3.09. The first-order valence-electron chi connectivity index (χ1n) is 10.3. The van der Waals surface area contributed by atoms with Gasteiger partial charge in [0, 0.05) is 17.1 Å². The van der Waals surface area contributed by atoms with Crippen LogP contribution in [0.15, 0.2) is 84.0 Å². The lowest BCUT2D eigenvalue weighted by atomic mass is 10.0. The van der Waals surface area contributed by atoms with Crippen LogP contribution in [-0.4, -0.2) is 26.3 Å². The Bertz CT molecular complexity index is 1180. The number of ether oxygens (including phenoxy) is 1. The van der Waals surface area contributed by atoms with Gasteiger partial charge in [0.2, 0.25) is 0 Å². The fourth-order valence-electron chi connectivity index (χ4n) is 3.22. The number of carbonyl (C=O) groups excluding carboxylic acids is 1. The Morgan fingerprint density at radius 1 is 0.938 bits per heavy atom. The van der Waals surface area contributed by atoms with Gasteiger partial charge in [-0.2, -0.15) is 0 Å². The molecule has 3 aromatic carbocycles. The average molecular weight is 464 g/mol. The molecule has 0 unspecified atom stereocenters. The number of Topliss-reactive ketones (excluding diaryl/α,β-unsaturated/α-hetero) is 1. The summed E-state index contributed by atoms with van der Waals surface area (Å²) in [7, 11) is 0. The van der Waals surface area contributed by atoms with Crippen LogP contribution >= 0.6 is 23.4 Å². The molecule has 0 amide bonds. The van der Waals surface area contributed by atoms with Crippen molar-refractivity contribution in [3.8, 4) is 16.9 Å². The molecule has 0 N–H and O–H groups in total. The minimum absolute atomic E-state index is 0.0548. The van der Waals surface area contributed by atoms with Gasteiger partial charge in [-0.25, -0.2) is 0 Å². The maximum absolute atomic E-state index is 12.7. The van der Waals surface area contributed by atoms with Crippen LogP contribution in [0, 0.1) is 0 Å². The van der Waals surface area contributed by atoms with Crippen molar-refractivity contribution >= 4 is 29.1 Å². The van der Waals surface area contributed by atoms with Crippen LogP contribution in [-0.2, 0) is 13.2 Å². The summed E-state index contributed by atoms with van der Waals surface area (Å²) in [5.74, 6) is 1.77. The number of ketones is 1. The van der Waals surface area contributed by atoms with Crippen molar-refractivity contribution < 1.29 is 9.53 Å². The van der Waals surface area contributed by atoms with Crippen molar-refractivity contribution in [2.24, 2.45) is 0 Å². The number of nitrogens with zero attached hydrogens (tertiary/aromatic N) is 3. The second-order valence-corrected chi connectivity index (χ2v) is 8.42. The molecule has 0 saturated carbocycles. The number of aromatic nitrogens is 3. The summed E-state index contributed by atoms with van der Waals surface area (Å²) in [6.07, 6.45) is 0. The highest BCUT2D eigenvalue weighted by molar-refractivity contribution is 7.99. The Morgan fingerprint density at radius 3 is 2.31 bits per heavy atom. The number of benzene rings is 3. The molecule has 4 rings (SSSR count). The summed E-state index contributed by atoms with van der Waals surface area (Å²) in [6.45, 7) is 3.00. The van der Waals surface area contributed by atoms with Gasteiger partial charge < -0.3 is 9.30 Å². The molecular formula is C25H22ClN3O2S. The Kier molecular flexibility index (Phi) is 7.24. The van der Waals surface area contributed by atoms with Crippen LogP contribution in [0.3, 0.4) is 0 Å². The number of hydrogen-bond donors (Lipinski definition) is 0. The zero-order valence-corrected chi connectivity index (χ0v) is 19.1. The van der Waals surface area contributed by atoms with Gasteiger partial charge in [0.05, 0.1) is 5.75 Å². The van der Waals surface area contributed by atoms with Crippen LogP contribution in [0.5, 0.6) is 5.75 Å². The molecule has 1 heterocycles. The van der Waals surface area contributed by atoms with Gasteiger partial charge in [0.1, 0.15) is 12.4 Å². The van der Waals surface area contributed by atoms with Crippen LogP contribution in [0.1, 0.15) is 23.1 Å². The van der Waals surface area contributed by atoms with Gasteiger partial charge in [-0.3, -0.25) is 4.79 Å². The molecule has 0 aliphatic heterocycles. The van der Waals surface area contributed by atoms with Gasteiger partial charge in [0.15, 0.2) is 16.8 Å². The van der Waals surface area contributed by atoms with Crippen molar-refractivity contribution in [3.63, 3.8) is 0 Å². The molecule has 1 aromatic heterocycles. The highest BCUT2D eigenvalue weighted by atomic mass is 35.5. The van der Waals surface area contributed by atoms with E-state index in [1.54, 1.807) is 12.1 Å². The Balaban J connectivity index is 1.37. The molecule has 0 bridgehead atoms. The topological polar surface area (TPSA) is 57.0 Å². The molecule has 0 fully saturated rings. The molecule has 0 atom stereocenters. The molecule has 5 nitrogen and oxygen atoms in total. The summed E-state index contributed by atoms with van der Waals surface area (Å²) in [4.78, 5) is 12.7. The minimum Gasteiger partial charge on any atom is -0.486 e. The Labute approximate surface area is 196 Å². The van der Waals surface area contributed by atoms with Gasteiger partial charge in [0.25, 0.3) is 0 Å². The van der Waals surface area contributed by atoms with E-state index in [9.17, 15) is 4.79 Å². The fourth-order valence-corrected chi connectivity index (χ4v) is 4.26. The second-order valence-electron chi connectivity index (χ2n) is 7.04. The van der Waals surface area contributed by atoms with Gasteiger partial charge in [-0.05, 0) is 42.3 Å². The predicted molar refractivity (Wildman–Crippen MR) is 128 cm³/mol. The van der Waals surface area contributed by atoms with E-state index in [-0.39, 0.29) is 12.4 Å². The SMILES string of the molecule is CCn1c(COc2ccc(Cl)cc2)nnc1SCC(=O)c1ccc(-c2ccccc2)cc1. The third-order valence-electron chi connectivity index (χ3n) is 4.94. The lowest BCUT2D eigenvalue weighted by Crippen LogP contribution is -2.08. The molecular weight excluding hydrogens is 442 g/mol. The zero-order valence-electron chi connectivity index (χ0n) is 17.6. The van der Waals surface area contributed by atoms with Gasteiger partial charge >= 0.3 is 0 Å². The predicted octanol–water partition coefficient (Wildman–Crippen LogP) is 6.17. The summed E-state index contributed by atoms with van der Waals surface area (Å²) >= 11 is 7.29. The van der Waals surface area contributed by atoms with Crippen LogP contribution in [0.4, 0.5) is 0 Å². The van der Waals surface area contributed by atoms with E-state index in [1.165, 1.54) is 11.8 Å². The number of carbonyl (C=O) groups is 1. The van der Waals surface area contributed by atoms with Crippen LogP contribution in [0.2, 0.25) is 5.02 Å². The lowest BCUT2D eigenvalue weighted by Gasteiger charge is -2.09. The van der Waals surface area contributed by atoms with E-state index < -0.39 is 0 Å². The molecule has 0 radical (unpaired) electrons. The monoisotopic (exact) mass is 463 g/mol. The summed E-state index contributed by atoms with van der Waals surface area (Å²) < 4.78 is 7.75. The standard InChI is InChI=1S/C25H22ClN3O2S/c1-2-29-24(16-31-22-14-12-21(26)13-15-22)27-28-25(29)32-17-23(30)20-10-8-19(9-11-20)18-6-4-3-5-7-18/h3-15H,2,16-17H2,1H3.